The predicted molar refractivity (Wildman–Crippen MR) is 183 cm³/mol. The van der Waals surface area contributed by atoms with E-state index in [0.717, 1.165) is 41.5 Å². The van der Waals surface area contributed by atoms with Crippen molar-refractivity contribution in [1.29, 1.82) is 0 Å². The molecular weight excluding hydrogens is 532 g/mol. The van der Waals surface area contributed by atoms with Crippen LogP contribution in [-0.2, 0) is 0 Å². The van der Waals surface area contributed by atoms with E-state index >= 15 is 0 Å². The second kappa shape index (κ2) is 19.1. The standard InChI is InChI=1S/C18H26N4.C17H24N4/c1-3-4-5-7-10-15(2)21-18-19-13-17(14-20-18)22-16-11-8-6-9-12-16;1-13(2)9-10-14(3)20-17-18-11-16(12-19-17)21-15-7-5-4-6-8-15/h6,8-9,11-15,22H,3-5,7,10H2,1-2H3,(H,19,20,21);4-8,11-14,21H,9-10H2,1-3H3,(H,18,19,20). The van der Waals surface area contributed by atoms with Gasteiger partial charge in [-0.3, -0.25) is 0 Å². The fourth-order valence-corrected chi connectivity index (χ4v) is 4.36. The number of nitrogens with one attached hydrogen (secondary N) is 4. The molecule has 8 nitrogen and oxygen atoms in total. The topological polar surface area (TPSA) is 99.7 Å². The molecule has 0 bridgehead atoms. The van der Waals surface area contributed by atoms with Crippen LogP contribution in [0.2, 0.25) is 0 Å². The van der Waals surface area contributed by atoms with Gasteiger partial charge in [0, 0.05) is 23.5 Å². The van der Waals surface area contributed by atoms with Crippen molar-refractivity contribution in [3.8, 4) is 0 Å². The number of anilines is 6. The van der Waals surface area contributed by atoms with Gasteiger partial charge in [-0.2, -0.15) is 0 Å². The summed E-state index contributed by atoms with van der Waals surface area (Å²) >= 11 is 0. The van der Waals surface area contributed by atoms with E-state index in [1.54, 1.807) is 12.4 Å². The number of hydrogen-bond donors (Lipinski definition) is 4. The maximum atomic E-state index is 4.37. The normalized spacial score (nSPS) is 12.0. The molecule has 4 aromatic rings. The third kappa shape index (κ3) is 14.0. The molecule has 0 amide bonds. The van der Waals surface area contributed by atoms with Gasteiger partial charge < -0.3 is 21.3 Å². The van der Waals surface area contributed by atoms with E-state index in [1.807, 2.05) is 73.1 Å². The zero-order valence-electron chi connectivity index (χ0n) is 26.6. The summed E-state index contributed by atoms with van der Waals surface area (Å²) in [5, 5.41) is 13.2. The molecule has 230 valence electrons. The molecule has 0 aliphatic carbocycles. The fraction of sp³-hybridized carbons (Fsp3) is 0.429. The quantitative estimate of drug-likeness (QED) is 0.0970. The molecule has 0 aliphatic heterocycles. The van der Waals surface area contributed by atoms with Crippen molar-refractivity contribution in [1.82, 2.24) is 19.9 Å². The molecule has 2 aromatic heterocycles. The van der Waals surface area contributed by atoms with Crippen LogP contribution in [0.1, 0.15) is 79.6 Å². The van der Waals surface area contributed by atoms with Crippen molar-refractivity contribution in [2.24, 2.45) is 5.92 Å². The number of para-hydroxylation sites is 2. The van der Waals surface area contributed by atoms with Gasteiger partial charge in [0.1, 0.15) is 0 Å². The van der Waals surface area contributed by atoms with Gasteiger partial charge in [0.25, 0.3) is 0 Å². The van der Waals surface area contributed by atoms with E-state index in [0.29, 0.717) is 24.0 Å². The lowest BCUT2D eigenvalue weighted by Crippen LogP contribution is -2.17. The third-order valence-electron chi connectivity index (χ3n) is 6.85. The third-order valence-corrected chi connectivity index (χ3v) is 6.85. The number of unbranched alkanes of at least 4 members (excludes halogenated alkanes) is 3. The minimum atomic E-state index is 0.389. The van der Waals surface area contributed by atoms with Crippen LogP contribution < -0.4 is 21.3 Å². The van der Waals surface area contributed by atoms with Gasteiger partial charge in [-0.25, -0.2) is 19.9 Å². The maximum absolute atomic E-state index is 4.37. The summed E-state index contributed by atoms with van der Waals surface area (Å²) in [4.78, 5) is 17.5. The Kier molecular flexibility index (Phi) is 14.8. The van der Waals surface area contributed by atoms with Gasteiger partial charge >= 0.3 is 0 Å². The predicted octanol–water partition coefficient (Wildman–Crippen LogP) is 9.45. The van der Waals surface area contributed by atoms with Crippen LogP contribution in [-0.4, -0.2) is 32.0 Å². The van der Waals surface area contributed by atoms with Gasteiger partial charge in [0.15, 0.2) is 0 Å². The number of hydrogen-bond acceptors (Lipinski definition) is 8. The van der Waals surface area contributed by atoms with Gasteiger partial charge in [-0.05, 0) is 63.3 Å². The molecule has 0 spiro atoms. The fourth-order valence-electron chi connectivity index (χ4n) is 4.36. The summed E-state index contributed by atoms with van der Waals surface area (Å²) in [6.45, 7) is 11.1. The molecule has 0 radical (unpaired) electrons. The lowest BCUT2D eigenvalue weighted by Gasteiger charge is -2.15. The molecule has 2 aromatic carbocycles. The Balaban J connectivity index is 0.000000236. The summed E-state index contributed by atoms with van der Waals surface area (Å²) in [5.41, 5.74) is 3.86. The van der Waals surface area contributed by atoms with Crippen molar-refractivity contribution >= 4 is 34.6 Å². The number of rotatable bonds is 16. The minimum absolute atomic E-state index is 0.389. The van der Waals surface area contributed by atoms with Crippen molar-refractivity contribution in [2.75, 3.05) is 21.3 Å². The molecular formula is C35H50N8. The highest BCUT2D eigenvalue weighted by Crippen LogP contribution is 2.17. The average molecular weight is 583 g/mol. The lowest BCUT2D eigenvalue weighted by atomic mass is 10.0. The molecule has 4 N–H and O–H groups in total. The Labute approximate surface area is 258 Å². The molecule has 2 heterocycles. The summed E-state index contributed by atoms with van der Waals surface area (Å²) in [7, 11) is 0. The Hall–Kier alpha value is -4.20. The molecule has 0 saturated heterocycles. The van der Waals surface area contributed by atoms with Crippen LogP contribution in [0.4, 0.5) is 34.6 Å². The van der Waals surface area contributed by atoms with E-state index < -0.39 is 0 Å². The zero-order valence-corrected chi connectivity index (χ0v) is 26.6. The maximum Gasteiger partial charge on any atom is 0.222 e. The summed E-state index contributed by atoms with van der Waals surface area (Å²) in [6.07, 6.45) is 15.9. The Morgan fingerprint density at radius 3 is 1.37 bits per heavy atom. The molecule has 43 heavy (non-hydrogen) atoms. The molecule has 4 rings (SSSR count). The highest BCUT2D eigenvalue weighted by Gasteiger charge is 2.06. The molecule has 2 unspecified atom stereocenters. The van der Waals surface area contributed by atoms with E-state index in [1.165, 1.54) is 32.1 Å². The second-order valence-electron chi connectivity index (χ2n) is 11.5. The zero-order chi connectivity index (χ0) is 30.7. The van der Waals surface area contributed by atoms with Gasteiger partial charge in [-0.15, -0.1) is 0 Å². The largest absolute Gasteiger partial charge is 0.353 e. The first-order valence-electron chi connectivity index (χ1n) is 15.7. The van der Waals surface area contributed by atoms with Gasteiger partial charge in [0.05, 0.1) is 36.2 Å². The number of benzene rings is 2. The van der Waals surface area contributed by atoms with Crippen molar-refractivity contribution < 1.29 is 0 Å². The van der Waals surface area contributed by atoms with Crippen LogP contribution >= 0.6 is 0 Å². The molecule has 8 heteroatoms. The summed E-state index contributed by atoms with van der Waals surface area (Å²) in [5.74, 6) is 2.11. The van der Waals surface area contributed by atoms with Crippen molar-refractivity contribution in [2.45, 2.75) is 91.6 Å². The Bertz CT molecular complexity index is 1250. The average Bonchev–Trinajstić information content (AvgIpc) is 3.02. The van der Waals surface area contributed by atoms with E-state index in [-0.39, 0.29) is 0 Å². The van der Waals surface area contributed by atoms with E-state index in [2.05, 4.69) is 75.8 Å². The van der Waals surface area contributed by atoms with Gasteiger partial charge in [-0.1, -0.05) is 82.9 Å². The first-order chi connectivity index (χ1) is 20.9. The smallest absolute Gasteiger partial charge is 0.222 e. The van der Waals surface area contributed by atoms with Crippen LogP contribution in [0.25, 0.3) is 0 Å². The number of aromatic nitrogens is 4. The van der Waals surface area contributed by atoms with E-state index in [9.17, 15) is 0 Å². The van der Waals surface area contributed by atoms with Crippen LogP contribution in [0.5, 0.6) is 0 Å². The van der Waals surface area contributed by atoms with Crippen LogP contribution in [0.3, 0.4) is 0 Å². The SMILES string of the molecule is CC(C)CCC(C)Nc1ncc(Nc2ccccc2)cn1.CCCCCCC(C)Nc1ncc(Nc2ccccc2)cn1. The van der Waals surface area contributed by atoms with Gasteiger partial charge in [0.2, 0.25) is 11.9 Å². The molecule has 2 atom stereocenters. The summed E-state index contributed by atoms with van der Waals surface area (Å²) in [6, 6.07) is 20.8. The second-order valence-corrected chi connectivity index (χ2v) is 11.5. The van der Waals surface area contributed by atoms with Crippen LogP contribution in [0, 0.1) is 5.92 Å². The minimum Gasteiger partial charge on any atom is -0.353 e. The number of nitrogens with zero attached hydrogens (tertiary/aromatic N) is 4. The first-order valence-corrected chi connectivity index (χ1v) is 15.7. The van der Waals surface area contributed by atoms with Crippen molar-refractivity contribution in [3.05, 3.63) is 85.5 Å². The van der Waals surface area contributed by atoms with E-state index in [4.69, 9.17) is 0 Å². The Morgan fingerprint density at radius 1 is 0.512 bits per heavy atom. The highest BCUT2D eigenvalue weighted by atomic mass is 15.1. The first kappa shape index (κ1) is 33.3. The Morgan fingerprint density at radius 2 is 0.953 bits per heavy atom. The summed E-state index contributed by atoms with van der Waals surface area (Å²) < 4.78 is 0. The van der Waals surface area contributed by atoms with Crippen molar-refractivity contribution in [3.63, 3.8) is 0 Å². The lowest BCUT2D eigenvalue weighted by molar-refractivity contribution is 0.526. The highest BCUT2D eigenvalue weighted by molar-refractivity contribution is 5.58. The van der Waals surface area contributed by atoms with Crippen LogP contribution in [0.15, 0.2) is 85.5 Å². The molecule has 0 aliphatic rings. The molecule has 0 saturated carbocycles. The monoisotopic (exact) mass is 582 g/mol. The molecule has 0 fully saturated rings.